The topological polar surface area (TPSA) is 30.9 Å². The lowest BCUT2D eigenvalue weighted by Gasteiger charge is -1.98. The number of hydrogen-bond donors (Lipinski definition) is 1. The van der Waals surface area contributed by atoms with E-state index >= 15 is 0 Å². The Bertz CT molecular complexity index is 427. The first-order valence-electron chi connectivity index (χ1n) is 4.02. The fourth-order valence-corrected chi connectivity index (χ4v) is 1.47. The third kappa shape index (κ3) is 0.881. The zero-order valence-electron chi connectivity index (χ0n) is 7.33. The number of nitrogen functional groups attached to an aromatic ring is 1. The van der Waals surface area contributed by atoms with E-state index in [0.717, 1.165) is 11.2 Å². The number of benzene rings is 1. The van der Waals surface area contributed by atoms with Crippen LogP contribution in [0.1, 0.15) is 11.3 Å². The predicted octanol–water partition coefficient (Wildman–Crippen LogP) is 1.97. The van der Waals surface area contributed by atoms with Crippen LogP contribution < -0.4 is 5.84 Å². The lowest BCUT2D eigenvalue weighted by molar-refractivity contribution is 0.999. The molecule has 62 valence electrons. The smallest absolute Gasteiger partial charge is 0.0695 e. The van der Waals surface area contributed by atoms with Gasteiger partial charge >= 0.3 is 0 Å². The van der Waals surface area contributed by atoms with Gasteiger partial charge in [-0.2, -0.15) is 0 Å². The fraction of sp³-hybridized carbons (Fsp3) is 0.200. The summed E-state index contributed by atoms with van der Waals surface area (Å²) in [6, 6.07) is 8.39. The molecule has 0 unspecified atom stereocenters. The van der Waals surface area contributed by atoms with Crippen molar-refractivity contribution in [3.8, 4) is 0 Å². The van der Waals surface area contributed by atoms with E-state index in [1.807, 2.05) is 6.92 Å². The molecular formula is C10H12N2. The second kappa shape index (κ2) is 2.27. The normalized spacial score (nSPS) is 10.8. The summed E-state index contributed by atoms with van der Waals surface area (Å²) in [5, 5.41) is 1.21. The summed E-state index contributed by atoms with van der Waals surface area (Å²) in [6.45, 7) is 4.08. The molecule has 2 nitrogen and oxygen atoms in total. The van der Waals surface area contributed by atoms with Crippen LogP contribution >= 0.6 is 0 Å². The molecule has 0 saturated heterocycles. The van der Waals surface area contributed by atoms with Gasteiger partial charge in [0.05, 0.1) is 5.52 Å². The Kier molecular flexibility index (Phi) is 1.37. The van der Waals surface area contributed by atoms with Crippen molar-refractivity contribution in [3.05, 3.63) is 35.5 Å². The van der Waals surface area contributed by atoms with Crippen molar-refractivity contribution in [1.29, 1.82) is 0 Å². The summed E-state index contributed by atoms with van der Waals surface area (Å²) >= 11 is 0. The van der Waals surface area contributed by atoms with E-state index in [1.54, 1.807) is 4.68 Å². The van der Waals surface area contributed by atoms with Gasteiger partial charge in [0, 0.05) is 11.1 Å². The van der Waals surface area contributed by atoms with E-state index < -0.39 is 0 Å². The number of hydrogen-bond acceptors (Lipinski definition) is 1. The van der Waals surface area contributed by atoms with Crippen LogP contribution in [0.3, 0.4) is 0 Å². The second-order valence-electron chi connectivity index (χ2n) is 3.22. The van der Waals surface area contributed by atoms with Crippen molar-refractivity contribution in [3.63, 3.8) is 0 Å². The van der Waals surface area contributed by atoms with E-state index in [9.17, 15) is 0 Å². The molecule has 0 aliphatic rings. The molecule has 0 saturated carbocycles. The molecule has 0 aliphatic heterocycles. The quantitative estimate of drug-likeness (QED) is 0.587. The summed E-state index contributed by atoms with van der Waals surface area (Å²) in [5.41, 5.74) is 3.44. The fourth-order valence-electron chi connectivity index (χ4n) is 1.47. The highest BCUT2D eigenvalue weighted by molar-refractivity contribution is 5.81. The molecule has 2 aromatic rings. The minimum Gasteiger partial charge on any atom is -0.339 e. The highest BCUT2D eigenvalue weighted by atomic mass is 15.3. The van der Waals surface area contributed by atoms with E-state index in [4.69, 9.17) is 5.84 Å². The van der Waals surface area contributed by atoms with Gasteiger partial charge in [-0.15, -0.1) is 0 Å². The van der Waals surface area contributed by atoms with Gasteiger partial charge in [-0.25, -0.2) is 0 Å². The molecule has 0 radical (unpaired) electrons. The molecule has 12 heavy (non-hydrogen) atoms. The van der Waals surface area contributed by atoms with Crippen LogP contribution in [0, 0.1) is 13.8 Å². The molecule has 1 aromatic carbocycles. The van der Waals surface area contributed by atoms with Gasteiger partial charge < -0.3 is 5.84 Å². The Balaban J connectivity index is 2.88. The van der Waals surface area contributed by atoms with Gasteiger partial charge in [-0.1, -0.05) is 12.1 Å². The van der Waals surface area contributed by atoms with Crippen LogP contribution in [-0.2, 0) is 0 Å². The Morgan fingerprint density at radius 3 is 2.67 bits per heavy atom. The van der Waals surface area contributed by atoms with Gasteiger partial charge in [0.2, 0.25) is 0 Å². The number of rotatable bonds is 0. The SMILES string of the molecule is Cc1ccc2cc(C)n(N)c2c1. The number of aryl methyl sites for hydroxylation is 2. The van der Waals surface area contributed by atoms with Crippen molar-refractivity contribution < 1.29 is 0 Å². The number of aromatic nitrogens is 1. The summed E-state index contributed by atoms with van der Waals surface area (Å²) in [7, 11) is 0. The first-order chi connectivity index (χ1) is 5.68. The highest BCUT2D eigenvalue weighted by Crippen LogP contribution is 2.17. The standard InChI is InChI=1S/C10H12N2/c1-7-3-4-9-6-8(2)12(11)10(9)5-7/h3-6H,11H2,1-2H3. The van der Waals surface area contributed by atoms with E-state index in [-0.39, 0.29) is 0 Å². The molecule has 0 bridgehead atoms. The van der Waals surface area contributed by atoms with Gasteiger partial charge in [0.25, 0.3) is 0 Å². The lowest BCUT2D eigenvalue weighted by Crippen LogP contribution is -2.08. The molecule has 0 atom stereocenters. The van der Waals surface area contributed by atoms with E-state index in [2.05, 4.69) is 31.2 Å². The van der Waals surface area contributed by atoms with Crippen molar-refractivity contribution in [2.45, 2.75) is 13.8 Å². The summed E-state index contributed by atoms with van der Waals surface area (Å²) in [4.78, 5) is 0. The molecule has 1 heterocycles. The van der Waals surface area contributed by atoms with Crippen LogP contribution in [-0.4, -0.2) is 4.68 Å². The minimum absolute atomic E-state index is 1.09. The highest BCUT2D eigenvalue weighted by Gasteiger charge is 2.01. The van der Waals surface area contributed by atoms with Crippen LogP contribution in [0.25, 0.3) is 10.9 Å². The first-order valence-corrected chi connectivity index (χ1v) is 4.02. The third-order valence-electron chi connectivity index (χ3n) is 2.19. The Hall–Kier alpha value is -1.44. The zero-order chi connectivity index (χ0) is 8.72. The van der Waals surface area contributed by atoms with Crippen LogP contribution in [0.15, 0.2) is 24.3 Å². The van der Waals surface area contributed by atoms with Crippen molar-refractivity contribution in [2.75, 3.05) is 5.84 Å². The van der Waals surface area contributed by atoms with Gasteiger partial charge in [-0.3, -0.25) is 4.68 Å². The first kappa shape index (κ1) is 7.22. The summed E-state index contributed by atoms with van der Waals surface area (Å²) < 4.78 is 1.72. The maximum Gasteiger partial charge on any atom is 0.0695 e. The molecule has 1 aromatic heterocycles. The summed E-state index contributed by atoms with van der Waals surface area (Å²) in [5.74, 6) is 5.82. The van der Waals surface area contributed by atoms with Crippen molar-refractivity contribution in [2.24, 2.45) is 0 Å². The largest absolute Gasteiger partial charge is 0.339 e. The minimum atomic E-state index is 1.09. The van der Waals surface area contributed by atoms with E-state index in [0.29, 0.717) is 0 Å². The van der Waals surface area contributed by atoms with Gasteiger partial charge in [0.15, 0.2) is 0 Å². The molecule has 2 N–H and O–H groups in total. The maximum absolute atomic E-state index is 5.82. The predicted molar refractivity (Wildman–Crippen MR) is 51.6 cm³/mol. The van der Waals surface area contributed by atoms with Gasteiger partial charge in [0.1, 0.15) is 0 Å². The average Bonchev–Trinajstić information content (AvgIpc) is 2.31. The lowest BCUT2D eigenvalue weighted by atomic mass is 10.2. The zero-order valence-corrected chi connectivity index (χ0v) is 7.33. The average molecular weight is 160 g/mol. The van der Waals surface area contributed by atoms with Crippen LogP contribution in [0.2, 0.25) is 0 Å². The second-order valence-corrected chi connectivity index (χ2v) is 3.22. The third-order valence-corrected chi connectivity index (χ3v) is 2.19. The van der Waals surface area contributed by atoms with Crippen molar-refractivity contribution >= 4 is 10.9 Å². The number of fused-ring (bicyclic) bond motifs is 1. The molecule has 0 spiro atoms. The van der Waals surface area contributed by atoms with E-state index in [1.165, 1.54) is 10.9 Å². The van der Waals surface area contributed by atoms with Crippen molar-refractivity contribution in [1.82, 2.24) is 4.68 Å². The van der Waals surface area contributed by atoms with Gasteiger partial charge in [-0.05, 0) is 31.5 Å². The number of nitrogens with two attached hydrogens (primary N) is 1. The molecule has 0 fully saturated rings. The Labute approximate surface area is 71.6 Å². The molecule has 2 heteroatoms. The molecule has 0 amide bonds. The Morgan fingerprint density at radius 2 is 1.92 bits per heavy atom. The maximum atomic E-state index is 5.82. The Morgan fingerprint density at radius 1 is 1.17 bits per heavy atom. The molecular weight excluding hydrogens is 148 g/mol. The summed E-state index contributed by atoms with van der Waals surface area (Å²) in [6.07, 6.45) is 0. The van der Waals surface area contributed by atoms with Crippen LogP contribution in [0.4, 0.5) is 0 Å². The molecule has 0 aliphatic carbocycles. The molecule has 2 rings (SSSR count). The van der Waals surface area contributed by atoms with Crippen LogP contribution in [0.5, 0.6) is 0 Å². The number of nitrogens with zero attached hydrogens (tertiary/aromatic N) is 1. The monoisotopic (exact) mass is 160 g/mol.